The molecule has 0 spiro atoms. The Labute approximate surface area is 199 Å². The molecule has 0 unspecified atom stereocenters. The van der Waals surface area contributed by atoms with E-state index in [2.05, 4.69) is 60.5 Å². The van der Waals surface area contributed by atoms with Gasteiger partial charge in [-0.05, 0) is 48.6 Å². The first-order valence-corrected chi connectivity index (χ1v) is 11.0. The molecule has 6 nitrogen and oxygen atoms in total. The number of pyridine rings is 1. The average molecular weight is 536 g/mol. The van der Waals surface area contributed by atoms with Crippen molar-refractivity contribution < 1.29 is 0 Å². The molecule has 0 radical (unpaired) electrons. The lowest BCUT2D eigenvalue weighted by Crippen LogP contribution is -2.49. The van der Waals surface area contributed by atoms with Gasteiger partial charge < -0.3 is 20.9 Å². The van der Waals surface area contributed by atoms with E-state index >= 15 is 0 Å². The van der Waals surface area contributed by atoms with Crippen LogP contribution >= 0.6 is 35.3 Å². The van der Waals surface area contributed by atoms with Gasteiger partial charge in [0, 0.05) is 44.7 Å². The van der Waals surface area contributed by atoms with Crippen LogP contribution in [0.5, 0.6) is 0 Å². The van der Waals surface area contributed by atoms with Crippen molar-refractivity contribution in [3.8, 4) is 0 Å². The van der Waals surface area contributed by atoms with Gasteiger partial charge in [0.15, 0.2) is 5.96 Å². The average Bonchev–Trinajstić information content (AvgIpc) is 3.31. The number of aromatic nitrogens is 1. The minimum atomic E-state index is 0. The van der Waals surface area contributed by atoms with Crippen LogP contribution in [-0.2, 0) is 0 Å². The second-order valence-electron chi connectivity index (χ2n) is 7.17. The summed E-state index contributed by atoms with van der Waals surface area (Å²) in [5.41, 5.74) is 1.01. The lowest BCUT2D eigenvalue weighted by molar-refractivity contribution is 0.463. The molecule has 3 N–H and O–H groups in total. The molecule has 1 aliphatic rings. The molecule has 1 aliphatic heterocycles. The van der Waals surface area contributed by atoms with Crippen molar-refractivity contribution in [1.82, 2.24) is 15.6 Å². The van der Waals surface area contributed by atoms with E-state index in [1.807, 2.05) is 42.6 Å². The van der Waals surface area contributed by atoms with E-state index in [0.29, 0.717) is 6.04 Å². The van der Waals surface area contributed by atoms with Crippen molar-refractivity contribution in [3.63, 3.8) is 0 Å². The second-order valence-corrected chi connectivity index (χ2v) is 8.10. The summed E-state index contributed by atoms with van der Waals surface area (Å²) in [4.78, 5) is 11.5. The van der Waals surface area contributed by atoms with Crippen LogP contribution < -0.4 is 20.9 Å². The van der Waals surface area contributed by atoms with Crippen LogP contribution in [0.2, 0.25) is 0 Å². The Morgan fingerprint density at radius 2 is 1.93 bits per heavy atom. The highest BCUT2D eigenvalue weighted by molar-refractivity contribution is 14.0. The van der Waals surface area contributed by atoms with Gasteiger partial charge in [-0.1, -0.05) is 18.2 Å². The molecule has 160 valence electrons. The van der Waals surface area contributed by atoms with Gasteiger partial charge in [-0.25, -0.2) is 4.98 Å². The fraction of sp³-hybridized carbons (Fsp3) is 0.364. The molecular formula is C22H29IN6S. The van der Waals surface area contributed by atoms with E-state index in [9.17, 15) is 0 Å². The molecule has 1 fully saturated rings. The van der Waals surface area contributed by atoms with E-state index in [0.717, 1.165) is 61.7 Å². The normalized spacial score (nSPS) is 15.0. The van der Waals surface area contributed by atoms with Crippen molar-refractivity contribution in [2.24, 2.45) is 4.99 Å². The zero-order chi connectivity index (χ0) is 19.9. The van der Waals surface area contributed by atoms with Gasteiger partial charge in [0.1, 0.15) is 5.82 Å². The van der Waals surface area contributed by atoms with E-state index < -0.39 is 0 Å². The predicted octanol–water partition coefficient (Wildman–Crippen LogP) is 4.16. The van der Waals surface area contributed by atoms with Gasteiger partial charge in [-0.15, -0.1) is 35.3 Å². The topological polar surface area (TPSA) is 64.6 Å². The second kappa shape index (κ2) is 11.4. The standard InChI is InChI=1S/C22H28N6S.HI/c1-23-22(26-18-10-14-28(15-11-18)21-7-4-16-29-21)25-13-12-24-20-9-8-17-5-2-3-6-19(17)27-20;/h2-9,16,18H,10-15H2,1H3,(H,24,27)(H2,23,25,26);1H. The van der Waals surface area contributed by atoms with Crippen molar-refractivity contribution in [2.75, 3.05) is 43.4 Å². The third-order valence-corrected chi connectivity index (χ3v) is 6.13. The maximum atomic E-state index is 4.65. The van der Waals surface area contributed by atoms with Crippen molar-refractivity contribution >= 4 is 63.0 Å². The van der Waals surface area contributed by atoms with Crippen LogP contribution in [0.15, 0.2) is 58.9 Å². The van der Waals surface area contributed by atoms with E-state index in [4.69, 9.17) is 0 Å². The van der Waals surface area contributed by atoms with Crippen LogP contribution in [-0.4, -0.2) is 50.2 Å². The predicted molar refractivity (Wildman–Crippen MR) is 140 cm³/mol. The Bertz CT molecular complexity index is 938. The summed E-state index contributed by atoms with van der Waals surface area (Å²) in [6, 6.07) is 17.1. The molecule has 1 saturated heterocycles. The molecular weight excluding hydrogens is 507 g/mol. The number of nitrogens with zero attached hydrogens (tertiary/aromatic N) is 3. The number of halogens is 1. The fourth-order valence-electron chi connectivity index (χ4n) is 3.62. The number of piperidine rings is 1. The minimum absolute atomic E-state index is 0. The third kappa shape index (κ3) is 5.98. The molecule has 4 rings (SSSR count). The van der Waals surface area contributed by atoms with Gasteiger partial charge in [0.25, 0.3) is 0 Å². The monoisotopic (exact) mass is 536 g/mol. The maximum absolute atomic E-state index is 4.65. The Balaban J connectivity index is 0.00000256. The molecule has 8 heteroatoms. The number of benzene rings is 1. The van der Waals surface area contributed by atoms with Gasteiger partial charge in [-0.3, -0.25) is 4.99 Å². The lowest BCUT2D eigenvalue weighted by atomic mass is 10.1. The largest absolute Gasteiger partial charge is 0.368 e. The highest BCUT2D eigenvalue weighted by atomic mass is 127. The number of nitrogens with one attached hydrogen (secondary N) is 3. The first kappa shape index (κ1) is 22.6. The first-order valence-electron chi connectivity index (χ1n) is 10.2. The Kier molecular flexibility index (Phi) is 8.56. The van der Waals surface area contributed by atoms with E-state index in [1.54, 1.807) is 0 Å². The molecule has 0 saturated carbocycles. The summed E-state index contributed by atoms with van der Waals surface area (Å²) in [6.07, 6.45) is 2.25. The number of thiophene rings is 1. The van der Waals surface area contributed by atoms with Gasteiger partial charge >= 0.3 is 0 Å². The third-order valence-electron chi connectivity index (χ3n) is 5.20. The summed E-state index contributed by atoms with van der Waals surface area (Å²) in [5.74, 6) is 1.77. The van der Waals surface area contributed by atoms with E-state index in [-0.39, 0.29) is 24.0 Å². The summed E-state index contributed by atoms with van der Waals surface area (Å²) >= 11 is 1.82. The Morgan fingerprint density at radius 1 is 1.10 bits per heavy atom. The molecule has 0 aliphatic carbocycles. The van der Waals surface area contributed by atoms with Gasteiger partial charge in [0.2, 0.25) is 0 Å². The van der Waals surface area contributed by atoms with Crippen molar-refractivity contribution in [3.05, 3.63) is 53.9 Å². The summed E-state index contributed by atoms with van der Waals surface area (Å²) in [5, 5.41) is 15.0. The van der Waals surface area contributed by atoms with Crippen LogP contribution in [0.1, 0.15) is 12.8 Å². The molecule has 3 aromatic rings. The maximum Gasteiger partial charge on any atom is 0.191 e. The number of aliphatic imine (C=N–C) groups is 1. The number of rotatable bonds is 6. The minimum Gasteiger partial charge on any atom is -0.368 e. The summed E-state index contributed by atoms with van der Waals surface area (Å²) in [7, 11) is 1.83. The van der Waals surface area contributed by atoms with Crippen molar-refractivity contribution in [2.45, 2.75) is 18.9 Å². The molecule has 30 heavy (non-hydrogen) atoms. The quantitative estimate of drug-likeness (QED) is 0.191. The molecule has 0 amide bonds. The first-order chi connectivity index (χ1) is 14.3. The number of hydrogen-bond acceptors (Lipinski definition) is 5. The smallest absolute Gasteiger partial charge is 0.191 e. The number of anilines is 2. The summed E-state index contributed by atoms with van der Waals surface area (Å²) < 4.78 is 0. The number of hydrogen-bond donors (Lipinski definition) is 3. The summed E-state index contributed by atoms with van der Waals surface area (Å²) in [6.45, 7) is 3.74. The Morgan fingerprint density at radius 3 is 2.70 bits per heavy atom. The van der Waals surface area contributed by atoms with Crippen LogP contribution in [0.3, 0.4) is 0 Å². The number of fused-ring (bicyclic) bond motifs is 1. The zero-order valence-corrected chi connectivity index (χ0v) is 20.3. The molecule has 1 aromatic carbocycles. The zero-order valence-electron chi connectivity index (χ0n) is 17.2. The molecule has 0 atom stereocenters. The van der Waals surface area contributed by atoms with Crippen molar-refractivity contribution in [1.29, 1.82) is 0 Å². The number of para-hydroxylation sites is 1. The highest BCUT2D eigenvalue weighted by Crippen LogP contribution is 2.24. The molecule has 3 heterocycles. The molecule has 0 bridgehead atoms. The van der Waals surface area contributed by atoms with Gasteiger partial charge in [-0.2, -0.15) is 0 Å². The highest BCUT2D eigenvalue weighted by Gasteiger charge is 2.20. The lowest BCUT2D eigenvalue weighted by Gasteiger charge is -2.33. The number of guanidine groups is 1. The van der Waals surface area contributed by atoms with Crippen LogP contribution in [0.4, 0.5) is 10.8 Å². The van der Waals surface area contributed by atoms with E-state index in [1.165, 1.54) is 5.00 Å². The molecule has 2 aromatic heterocycles. The van der Waals surface area contributed by atoms with Crippen LogP contribution in [0.25, 0.3) is 10.9 Å². The van der Waals surface area contributed by atoms with Crippen LogP contribution in [0, 0.1) is 0 Å². The fourth-order valence-corrected chi connectivity index (χ4v) is 4.40. The SMILES string of the molecule is CN=C(NCCNc1ccc2ccccc2n1)NC1CCN(c2cccs2)CC1.I. The van der Waals surface area contributed by atoms with Gasteiger partial charge in [0.05, 0.1) is 10.5 Å². The Hall–Kier alpha value is -2.07.